The largest absolute Gasteiger partial charge is 0.383 e. The van der Waals surface area contributed by atoms with Gasteiger partial charge in [-0.1, -0.05) is 6.07 Å². The van der Waals surface area contributed by atoms with E-state index in [0.29, 0.717) is 11.5 Å². The van der Waals surface area contributed by atoms with E-state index in [4.69, 9.17) is 9.47 Å². The van der Waals surface area contributed by atoms with Crippen molar-refractivity contribution in [2.24, 2.45) is 5.41 Å². The van der Waals surface area contributed by atoms with Gasteiger partial charge in [0.15, 0.2) is 0 Å². The Morgan fingerprint density at radius 1 is 1.26 bits per heavy atom. The second-order valence-electron chi connectivity index (χ2n) is 7.13. The van der Waals surface area contributed by atoms with Gasteiger partial charge in [-0.05, 0) is 49.2 Å². The Bertz CT molecular complexity index is 458. The van der Waals surface area contributed by atoms with Crippen LogP contribution in [0.2, 0.25) is 0 Å². The third kappa shape index (κ3) is 4.34. The number of methoxy groups -OCH3 is 2. The van der Waals surface area contributed by atoms with Gasteiger partial charge in [0, 0.05) is 44.8 Å². The second kappa shape index (κ2) is 8.08. The third-order valence-corrected chi connectivity index (χ3v) is 6.40. The first-order valence-corrected chi connectivity index (χ1v) is 9.59. The molecule has 0 amide bonds. The summed E-state index contributed by atoms with van der Waals surface area (Å²) in [5.74, 6) is 0. The van der Waals surface area contributed by atoms with Gasteiger partial charge in [-0.3, -0.25) is 9.80 Å². The number of likely N-dealkylation sites (tertiary alicyclic amines) is 2. The fraction of sp³-hybridized carbons (Fsp3) is 0.778. The second-order valence-corrected chi connectivity index (χ2v) is 8.16. The van der Waals surface area contributed by atoms with Crippen molar-refractivity contribution >= 4 is 11.3 Å². The Morgan fingerprint density at radius 3 is 2.74 bits per heavy atom. The predicted molar refractivity (Wildman–Crippen MR) is 95.0 cm³/mol. The van der Waals surface area contributed by atoms with Crippen LogP contribution in [-0.2, 0) is 16.0 Å². The standard InChI is InChI=1S/C18H30N2O2S/c1-21-10-9-20-15-18(12-16(20)14-22-2)5-7-19(8-6-18)13-17-4-3-11-23-17/h3-4,11,16H,5-10,12-15H2,1-2H3/t16-/m0/s1. The van der Waals surface area contributed by atoms with Crippen molar-refractivity contribution in [2.75, 3.05) is 53.6 Å². The van der Waals surface area contributed by atoms with Crippen molar-refractivity contribution < 1.29 is 9.47 Å². The summed E-state index contributed by atoms with van der Waals surface area (Å²) in [5.41, 5.74) is 0.503. The van der Waals surface area contributed by atoms with Crippen molar-refractivity contribution in [2.45, 2.75) is 31.8 Å². The lowest BCUT2D eigenvalue weighted by molar-refractivity contribution is 0.0859. The SMILES string of the molecule is COCCN1CC2(CCN(Cc3cccs3)CC2)C[C@H]1COC. The smallest absolute Gasteiger partial charge is 0.0618 e. The van der Waals surface area contributed by atoms with Gasteiger partial charge >= 0.3 is 0 Å². The number of nitrogens with zero attached hydrogens (tertiary/aromatic N) is 2. The molecule has 2 saturated heterocycles. The molecule has 3 rings (SSSR count). The molecule has 0 radical (unpaired) electrons. The lowest BCUT2D eigenvalue weighted by Gasteiger charge is -2.39. The molecule has 1 aromatic heterocycles. The Kier molecular flexibility index (Phi) is 6.10. The average molecular weight is 339 g/mol. The third-order valence-electron chi connectivity index (χ3n) is 5.54. The number of rotatable bonds is 7. The van der Waals surface area contributed by atoms with E-state index in [-0.39, 0.29) is 0 Å². The minimum absolute atomic E-state index is 0.503. The predicted octanol–water partition coefficient (Wildman–Crippen LogP) is 2.70. The summed E-state index contributed by atoms with van der Waals surface area (Å²) < 4.78 is 10.8. The molecule has 1 spiro atoms. The van der Waals surface area contributed by atoms with E-state index in [1.54, 1.807) is 7.11 Å². The first kappa shape index (κ1) is 17.4. The molecule has 4 nitrogen and oxygen atoms in total. The molecule has 5 heteroatoms. The molecule has 0 saturated carbocycles. The Hall–Kier alpha value is -0.460. The lowest BCUT2D eigenvalue weighted by atomic mass is 9.76. The first-order chi connectivity index (χ1) is 11.2. The maximum atomic E-state index is 5.47. The van der Waals surface area contributed by atoms with Crippen LogP contribution in [0.15, 0.2) is 17.5 Å². The normalized spacial score (nSPS) is 25.4. The molecule has 0 unspecified atom stereocenters. The average Bonchev–Trinajstić information content (AvgIpc) is 3.17. The van der Waals surface area contributed by atoms with E-state index >= 15 is 0 Å². The van der Waals surface area contributed by atoms with Crippen LogP contribution >= 0.6 is 11.3 Å². The summed E-state index contributed by atoms with van der Waals surface area (Å²) in [6, 6.07) is 4.98. The summed E-state index contributed by atoms with van der Waals surface area (Å²) in [4.78, 5) is 6.72. The molecule has 130 valence electrons. The molecular weight excluding hydrogens is 308 g/mol. The molecule has 2 aliphatic heterocycles. The van der Waals surface area contributed by atoms with Crippen molar-refractivity contribution in [3.05, 3.63) is 22.4 Å². The molecular formula is C18H30N2O2S. The Labute approximate surface area is 144 Å². The van der Waals surface area contributed by atoms with Crippen LogP contribution in [0.3, 0.4) is 0 Å². The van der Waals surface area contributed by atoms with Crippen molar-refractivity contribution in [3.8, 4) is 0 Å². The van der Waals surface area contributed by atoms with Crippen molar-refractivity contribution in [3.63, 3.8) is 0 Å². The van der Waals surface area contributed by atoms with Gasteiger partial charge in [-0.25, -0.2) is 0 Å². The van der Waals surface area contributed by atoms with Gasteiger partial charge in [0.05, 0.1) is 13.2 Å². The minimum atomic E-state index is 0.503. The summed E-state index contributed by atoms with van der Waals surface area (Å²) in [7, 11) is 3.61. The molecule has 1 atom stereocenters. The zero-order valence-electron chi connectivity index (χ0n) is 14.5. The molecule has 0 aromatic carbocycles. The number of ether oxygens (including phenoxy) is 2. The van der Waals surface area contributed by atoms with Crippen LogP contribution in [0.1, 0.15) is 24.1 Å². The van der Waals surface area contributed by atoms with Crippen LogP contribution in [0, 0.1) is 5.41 Å². The van der Waals surface area contributed by atoms with Crippen LogP contribution < -0.4 is 0 Å². The highest BCUT2D eigenvalue weighted by atomic mass is 32.1. The van der Waals surface area contributed by atoms with Gasteiger partial charge in [0.1, 0.15) is 0 Å². The summed E-state index contributed by atoms with van der Waals surface area (Å²) in [5, 5.41) is 2.18. The molecule has 23 heavy (non-hydrogen) atoms. The number of piperidine rings is 1. The van der Waals surface area contributed by atoms with Crippen molar-refractivity contribution in [1.82, 2.24) is 9.80 Å². The minimum Gasteiger partial charge on any atom is -0.383 e. The van der Waals surface area contributed by atoms with Gasteiger partial charge in [0.25, 0.3) is 0 Å². The van der Waals surface area contributed by atoms with E-state index in [9.17, 15) is 0 Å². The highest BCUT2D eigenvalue weighted by molar-refractivity contribution is 7.09. The van der Waals surface area contributed by atoms with Crippen molar-refractivity contribution in [1.29, 1.82) is 0 Å². The molecule has 3 heterocycles. The van der Waals surface area contributed by atoms with E-state index in [0.717, 1.165) is 26.3 Å². The molecule has 2 fully saturated rings. The van der Waals surface area contributed by atoms with E-state index in [1.807, 2.05) is 18.4 Å². The fourth-order valence-corrected chi connectivity index (χ4v) is 5.00. The lowest BCUT2D eigenvalue weighted by Crippen LogP contribution is -2.41. The van der Waals surface area contributed by atoms with Crippen LogP contribution in [-0.4, -0.2) is 69.5 Å². The van der Waals surface area contributed by atoms with Gasteiger partial charge in [0.2, 0.25) is 0 Å². The Morgan fingerprint density at radius 2 is 2.09 bits per heavy atom. The highest BCUT2D eigenvalue weighted by Gasteiger charge is 2.45. The van der Waals surface area contributed by atoms with Gasteiger partial charge in [-0.2, -0.15) is 0 Å². The first-order valence-electron chi connectivity index (χ1n) is 8.71. The zero-order valence-corrected chi connectivity index (χ0v) is 15.3. The van der Waals surface area contributed by atoms with E-state index < -0.39 is 0 Å². The summed E-state index contributed by atoms with van der Waals surface area (Å²) in [6.07, 6.45) is 3.93. The fourth-order valence-electron chi connectivity index (χ4n) is 4.25. The maximum absolute atomic E-state index is 5.47. The maximum Gasteiger partial charge on any atom is 0.0618 e. The zero-order chi connectivity index (χ0) is 16.1. The summed E-state index contributed by atoms with van der Waals surface area (Å²) in [6.45, 7) is 7.52. The summed E-state index contributed by atoms with van der Waals surface area (Å²) >= 11 is 1.88. The molecule has 0 N–H and O–H groups in total. The molecule has 0 aliphatic carbocycles. The highest BCUT2D eigenvalue weighted by Crippen LogP contribution is 2.43. The molecule has 2 aliphatic rings. The molecule has 1 aromatic rings. The van der Waals surface area contributed by atoms with Crippen LogP contribution in [0.4, 0.5) is 0 Å². The van der Waals surface area contributed by atoms with E-state index in [2.05, 4.69) is 27.3 Å². The quantitative estimate of drug-likeness (QED) is 0.763. The monoisotopic (exact) mass is 338 g/mol. The Balaban J connectivity index is 1.54. The topological polar surface area (TPSA) is 24.9 Å². The van der Waals surface area contributed by atoms with Gasteiger partial charge in [-0.15, -0.1) is 11.3 Å². The molecule has 0 bridgehead atoms. The number of hydrogen-bond acceptors (Lipinski definition) is 5. The number of thiophene rings is 1. The van der Waals surface area contributed by atoms with Crippen LogP contribution in [0.5, 0.6) is 0 Å². The number of hydrogen-bond donors (Lipinski definition) is 0. The van der Waals surface area contributed by atoms with Gasteiger partial charge < -0.3 is 9.47 Å². The van der Waals surface area contributed by atoms with Crippen LogP contribution in [0.25, 0.3) is 0 Å². The van der Waals surface area contributed by atoms with E-state index in [1.165, 1.54) is 43.8 Å².